The molecule has 3 aromatic rings. The summed E-state index contributed by atoms with van der Waals surface area (Å²) in [6, 6.07) is 9.00. The molecule has 1 fully saturated rings. The summed E-state index contributed by atoms with van der Waals surface area (Å²) >= 11 is 0. The summed E-state index contributed by atoms with van der Waals surface area (Å²) in [6.45, 7) is 2.07. The molecular weight excluding hydrogens is 340 g/mol. The highest BCUT2D eigenvalue weighted by Gasteiger charge is 2.20. The van der Waals surface area contributed by atoms with Crippen molar-refractivity contribution in [3.05, 3.63) is 42.2 Å². The first-order valence-electron chi connectivity index (χ1n) is 8.94. The van der Waals surface area contributed by atoms with E-state index in [0.29, 0.717) is 28.7 Å². The molecule has 2 aromatic heterocycles. The maximum atomic E-state index is 10.3. The van der Waals surface area contributed by atoms with E-state index in [9.17, 15) is 5.11 Å². The second kappa shape index (κ2) is 7.17. The molecule has 1 saturated heterocycles. The van der Waals surface area contributed by atoms with Crippen molar-refractivity contribution >= 4 is 16.6 Å². The minimum atomic E-state index is 0.0103. The number of rotatable bonds is 3. The molecule has 7 heteroatoms. The Morgan fingerprint density at radius 1 is 1.26 bits per heavy atom. The molecular formula is C20H20N6O. The molecule has 0 aliphatic carbocycles. The van der Waals surface area contributed by atoms with Gasteiger partial charge < -0.3 is 15.3 Å². The number of aromatic hydroxyl groups is 1. The number of hydrogen-bond acceptors (Lipinski definition) is 7. The molecule has 0 saturated carbocycles. The van der Waals surface area contributed by atoms with Gasteiger partial charge in [0.1, 0.15) is 11.4 Å². The van der Waals surface area contributed by atoms with Crippen LogP contribution < -0.4 is 5.32 Å². The van der Waals surface area contributed by atoms with Gasteiger partial charge in [0.25, 0.3) is 0 Å². The fourth-order valence-electron chi connectivity index (χ4n) is 3.58. The van der Waals surface area contributed by atoms with Gasteiger partial charge in [0.15, 0.2) is 5.82 Å². The molecule has 3 heterocycles. The predicted octanol–water partition coefficient (Wildman–Crippen LogP) is 2.78. The second-order valence-corrected chi connectivity index (χ2v) is 6.91. The molecule has 2 N–H and O–H groups in total. The van der Waals surface area contributed by atoms with Gasteiger partial charge in [-0.1, -0.05) is 0 Å². The zero-order valence-corrected chi connectivity index (χ0v) is 15.1. The molecule has 4 rings (SSSR count). The van der Waals surface area contributed by atoms with Crippen LogP contribution in [0.5, 0.6) is 5.75 Å². The molecule has 7 nitrogen and oxygen atoms in total. The molecule has 1 aliphatic rings. The zero-order valence-electron chi connectivity index (χ0n) is 15.1. The maximum absolute atomic E-state index is 10.3. The number of phenolic OH excluding ortho intramolecular Hbond substituents is 1. The van der Waals surface area contributed by atoms with Gasteiger partial charge in [0, 0.05) is 41.3 Å². The number of pyridine rings is 1. The fraction of sp³-hybridized carbons (Fsp3) is 0.300. The number of piperidine rings is 1. The first-order valence-corrected chi connectivity index (χ1v) is 8.94. The Kier molecular flexibility index (Phi) is 4.57. The maximum Gasteiger partial charge on any atom is 0.158 e. The van der Waals surface area contributed by atoms with Crippen LogP contribution in [0.15, 0.2) is 36.7 Å². The Hall–Kier alpha value is -3.24. The van der Waals surface area contributed by atoms with Gasteiger partial charge in [-0.2, -0.15) is 5.26 Å². The van der Waals surface area contributed by atoms with Crippen LogP contribution >= 0.6 is 0 Å². The standard InChI is InChI=1S/C20H20N6O/c1-26-8-2-3-14(12-26)23-20-17-11-22-7-6-15(17)19(24-25-20)16-5-4-13(10-21)9-18(16)27/h4-7,9,11,14,27H,2-3,8,12H2,1H3,(H,23,25). The quantitative estimate of drug-likeness (QED) is 0.741. The van der Waals surface area contributed by atoms with Crippen molar-refractivity contribution in [2.24, 2.45) is 0 Å². The number of benzene rings is 1. The molecule has 1 aromatic carbocycles. The third kappa shape index (κ3) is 3.39. The molecule has 1 aliphatic heterocycles. The van der Waals surface area contributed by atoms with Crippen LogP contribution in [-0.2, 0) is 0 Å². The number of likely N-dealkylation sites (tertiary alicyclic amines) is 1. The Morgan fingerprint density at radius 3 is 2.93 bits per heavy atom. The summed E-state index contributed by atoms with van der Waals surface area (Å²) in [5.74, 6) is 0.714. The molecule has 136 valence electrons. The number of anilines is 1. The van der Waals surface area contributed by atoms with Gasteiger partial charge >= 0.3 is 0 Å². The molecule has 1 unspecified atom stereocenters. The number of hydrogen-bond donors (Lipinski definition) is 2. The Labute approximate surface area is 157 Å². The fourth-order valence-corrected chi connectivity index (χ4v) is 3.58. The number of nitriles is 1. The summed E-state index contributed by atoms with van der Waals surface area (Å²) in [7, 11) is 2.12. The predicted molar refractivity (Wildman–Crippen MR) is 103 cm³/mol. The first-order chi connectivity index (χ1) is 13.2. The highest BCUT2D eigenvalue weighted by Crippen LogP contribution is 2.34. The van der Waals surface area contributed by atoms with E-state index in [4.69, 9.17) is 5.26 Å². The highest BCUT2D eigenvalue weighted by molar-refractivity contribution is 6.00. The van der Waals surface area contributed by atoms with E-state index in [1.807, 2.05) is 12.1 Å². The van der Waals surface area contributed by atoms with Gasteiger partial charge in [0.05, 0.1) is 11.6 Å². The number of nitrogens with one attached hydrogen (secondary N) is 1. The van der Waals surface area contributed by atoms with Crippen LogP contribution in [0.25, 0.3) is 22.0 Å². The molecule has 1 atom stereocenters. The van der Waals surface area contributed by atoms with Gasteiger partial charge in [-0.05, 0) is 50.7 Å². The number of aromatic nitrogens is 3. The van der Waals surface area contributed by atoms with Crippen molar-refractivity contribution in [3.63, 3.8) is 0 Å². The minimum absolute atomic E-state index is 0.0103. The van der Waals surface area contributed by atoms with Crippen molar-refractivity contribution in [2.75, 3.05) is 25.5 Å². The lowest BCUT2D eigenvalue weighted by Crippen LogP contribution is -2.40. The zero-order chi connectivity index (χ0) is 18.8. The Balaban J connectivity index is 1.76. The van der Waals surface area contributed by atoms with E-state index >= 15 is 0 Å². The van der Waals surface area contributed by atoms with E-state index in [1.54, 1.807) is 24.5 Å². The summed E-state index contributed by atoms with van der Waals surface area (Å²) in [5.41, 5.74) is 1.51. The molecule has 27 heavy (non-hydrogen) atoms. The summed E-state index contributed by atoms with van der Waals surface area (Å²) in [4.78, 5) is 6.55. The lowest BCUT2D eigenvalue weighted by Gasteiger charge is -2.30. The number of phenols is 1. The lowest BCUT2D eigenvalue weighted by molar-refractivity contribution is 0.261. The van der Waals surface area contributed by atoms with Crippen LogP contribution in [0.3, 0.4) is 0 Å². The monoisotopic (exact) mass is 360 g/mol. The van der Waals surface area contributed by atoms with Gasteiger partial charge in [-0.15, -0.1) is 10.2 Å². The van der Waals surface area contributed by atoms with Crippen molar-refractivity contribution in [1.82, 2.24) is 20.1 Å². The van der Waals surface area contributed by atoms with E-state index in [2.05, 4.69) is 32.4 Å². The average Bonchev–Trinajstić information content (AvgIpc) is 2.68. The highest BCUT2D eigenvalue weighted by atomic mass is 16.3. The van der Waals surface area contributed by atoms with E-state index in [1.165, 1.54) is 6.07 Å². The van der Waals surface area contributed by atoms with E-state index in [0.717, 1.165) is 36.7 Å². The molecule has 0 bridgehead atoms. The number of fused-ring (bicyclic) bond motifs is 1. The number of nitrogens with zero attached hydrogens (tertiary/aromatic N) is 5. The summed E-state index contributed by atoms with van der Waals surface area (Å²) in [5, 5.41) is 33.3. The van der Waals surface area contributed by atoms with Gasteiger partial charge in [-0.3, -0.25) is 4.98 Å². The van der Waals surface area contributed by atoms with Crippen LogP contribution in [0.4, 0.5) is 5.82 Å². The Bertz CT molecular complexity index is 1030. The van der Waals surface area contributed by atoms with Crippen LogP contribution in [-0.4, -0.2) is 51.4 Å². The van der Waals surface area contributed by atoms with Gasteiger partial charge in [-0.25, -0.2) is 0 Å². The normalized spacial score (nSPS) is 17.6. The third-order valence-electron chi connectivity index (χ3n) is 4.93. The van der Waals surface area contributed by atoms with Crippen molar-refractivity contribution in [2.45, 2.75) is 18.9 Å². The van der Waals surface area contributed by atoms with Crippen molar-refractivity contribution in [3.8, 4) is 23.1 Å². The van der Waals surface area contributed by atoms with Gasteiger partial charge in [0.2, 0.25) is 0 Å². The molecule has 0 radical (unpaired) electrons. The topological polar surface area (TPSA) is 98.0 Å². The Morgan fingerprint density at radius 2 is 2.15 bits per heavy atom. The summed E-state index contributed by atoms with van der Waals surface area (Å²) < 4.78 is 0. The van der Waals surface area contributed by atoms with Crippen LogP contribution in [0, 0.1) is 11.3 Å². The van der Waals surface area contributed by atoms with Crippen LogP contribution in [0.2, 0.25) is 0 Å². The van der Waals surface area contributed by atoms with Crippen LogP contribution in [0.1, 0.15) is 18.4 Å². The third-order valence-corrected chi connectivity index (χ3v) is 4.93. The van der Waals surface area contributed by atoms with E-state index < -0.39 is 0 Å². The second-order valence-electron chi connectivity index (χ2n) is 6.91. The molecule has 0 spiro atoms. The number of likely N-dealkylation sites (N-methyl/N-ethyl adjacent to an activating group) is 1. The first kappa shape index (κ1) is 17.2. The largest absolute Gasteiger partial charge is 0.507 e. The minimum Gasteiger partial charge on any atom is -0.507 e. The van der Waals surface area contributed by atoms with E-state index in [-0.39, 0.29) is 5.75 Å². The summed E-state index contributed by atoms with van der Waals surface area (Å²) in [6.07, 6.45) is 5.70. The molecule has 0 amide bonds. The lowest BCUT2D eigenvalue weighted by atomic mass is 10.0. The van der Waals surface area contributed by atoms with Crippen molar-refractivity contribution in [1.29, 1.82) is 5.26 Å². The van der Waals surface area contributed by atoms with Crippen molar-refractivity contribution < 1.29 is 5.11 Å². The average molecular weight is 360 g/mol. The SMILES string of the molecule is CN1CCCC(Nc2nnc(-c3ccc(C#N)cc3O)c3ccncc23)C1. The smallest absolute Gasteiger partial charge is 0.158 e.